The number of esters is 1. The minimum absolute atomic E-state index is 0.0155. The first-order valence-corrected chi connectivity index (χ1v) is 12.0. The van der Waals surface area contributed by atoms with E-state index >= 15 is 0 Å². The van der Waals surface area contributed by atoms with Gasteiger partial charge in [-0.05, 0) is 42.0 Å². The summed E-state index contributed by atoms with van der Waals surface area (Å²) in [4.78, 5) is 24.2. The van der Waals surface area contributed by atoms with E-state index in [1.165, 1.54) is 51.8 Å². The summed E-state index contributed by atoms with van der Waals surface area (Å²) in [5.74, 6) is -0.434. The quantitative estimate of drug-likeness (QED) is 0.252. The number of hydrogen-bond donors (Lipinski definition) is 1. The zero-order chi connectivity index (χ0) is 26.1. The van der Waals surface area contributed by atoms with E-state index < -0.39 is 28.4 Å². The maximum absolute atomic E-state index is 13.4. The van der Waals surface area contributed by atoms with Gasteiger partial charge in [-0.3, -0.25) is 9.10 Å². The molecule has 11 heteroatoms. The van der Waals surface area contributed by atoms with Crippen LogP contribution in [0.3, 0.4) is 0 Å². The van der Waals surface area contributed by atoms with Gasteiger partial charge in [-0.25, -0.2) is 18.6 Å². The number of sulfonamides is 1. The lowest BCUT2D eigenvalue weighted by molar-refractivity contribution is -0.119. The highest BCUT2D eigenvalue weighted by molar-refractivity contribution is 7.92. The number of rotatable bonds is 10. The highest BCUT2D eigenvalue weighted by atomic mass is 32.2. The van der Waals surface area contributed by atoms with Crippen molar-refractivity contribution in [2.45, 2.75) is 4.90 Å². The molecule has 0 radical (unpaired) electrons. The van der Waals surface area contributed by atoms with Gasteiger partial charge in [0.05, 0.1) is 43.7 Å². The van der Waals surface area contributed by atoms with Gasteiger partial charge in [0.15, 0.2) is 11.5 Å². The summed E-state index contributed by atoms with van der Waals surface area (Å²) in [5, 5.41) is 3.89. The lowest BCUT2D eigenvalue weighted by Gasteiger charge is -2.24. The smallest absolute Gasteiger partial charge is 0.337 e. The molecule has 0 atom stereocenters. The van der Waals surface area contributed by atoms with E-state index in [-0.39, 0.29) is 10.6 Å². The Labute approximate surface area is 209 Å². The maximum atomic E-state index is 13.4. The van der Waals surface area contributed by atoms with Gasteiger partial charge in [0, 0.05) is 6.07 Å². The van der Waals surface area contributed by atoms with Crippen molar-refractivity contribution in [2.75, 3.05) is 32.2 Å². The Morgan fingerprint density at radius 3 is 2.19 bits per heavy atom. The van der Waals surface area contributed by atoms with Crippen LogP contribution in [0.25, 0.3) is 0 Å². The molecule has 0 spiro atoms. The van der Waals surface area contributed by atoms with Crippen LogP contribution in [0.4, 0.5) is 5.69 Å². The molecular weight excluding hydrogens is 486 g/mol. The molecule has 0 saturated heterocycles. The molecule has 0 bridgehead atoms. The summed E-state index contributed by atoms with van der Waals surface area (Å²) < 4.78 is 43.0. The number of benzene rings is 3. The molecule has 10 nitrogen and oxygen atoms in total. The van der Waals surface area contributed by atoms with Gasteiger partial charge < -0.3 is 14.2 Å². The number of hydrazone groups is 1. The van der Waals surface area contributed by atoms with Crippen LogP contribution in [-0.2, 0) is 19.6 Å². The normalized spacial score (nSPS) is 11.1. The standard InChI is InChI=1S/C25H25N3O7S/c1-33-22-14-13-20(15-23(22)34-2)28(36(31,32)21-7-5-4-6-8-21)17-24(29)27-26-16-18-9-11-19(12-10-18)25(30)35-3/h4-16H,17H2,1-3H3,(H,27,29)/b26-16-. The molecule has 0 fully saturated rings. The number of hydrogen-bond acceptors (Lipinski definition) is 8. The largest absolute Gasteiger partial charge is 0.493 e. The van der Waals surface area contributed by atoms with Crippen LogP contribution in [0.2, 0.25) is 0 Å². The average Bonchev–Trinajstić information content (AvgIpc) is 2.91. The Balaban J connectivity index is 1.83. The summed E-state index contributed by atoms with van der Waals surface area (Å²) in [5.41, 5.74) is 3.51. The van der Waals surface area contributed by atoms with Gasteiger partial charge in [0.25, 0.3) is 15.9 Å². The Hall–Kier alpha value is -4.38. The molecule has 0 aliphatic heterocycles. The van der Waals surface area contributed by atoms with Crippen molar-refractivity contribution in [3.8, 4) is 11.5 Å². The molecule has 0 aromatic heterocycles. The van der Waals surface area contributed by atoms with Crippen molar-refractivity contribution in [3.05, 3.63) is 83.9 Å². The number of nitrogens with zero attached hydrogens (tertiary/aromatic N) is 2. The van der Waals surface area contributed by atoms with Crippen molar-refractivity contribution in [3.63, 3.8) is 0 Å². The molecule has 0 saturated carbocycles. The summed E-state index contributed by atoms with van der Waals surface area (Å²) in [7, 11) is 0.0724. The summed E-state index contributed by atoms with van der Waals surface area (Å²) in [6, 6.07) is 18.7. The Bertz CT molecular complexity index is 1340. The topological polar surface area (TPSA) is 124 Å². The summed E-state index contributed by atoms with van der Waals surface area (Å²) in [6.45, 7) is -0.550. The van der Waals surface area contributed by atoms with Gasteiger partial charge >= 0.3 is 5.97 Å². The van der Waals surface area contributed by atoms with Crippen LogP contribution in [0.15, 0.2) is 82.8 Å². The van der Waals surface area contributed by atoms with Gasteiger partial charge in [-0.2, -0.15) is 5.10 Å². The zero-order valence-corrected chi connectivity index (χ0v) is 20.7. The zero-order valence-electron chi connectivity index (χ0n) is 19.9. The molecular formula is C25H25N3O7S. The van der Waals surface area contributed by atoms with E-state index in [1.54, 1.807) is 48.5 Å². The fourth-order valence-corrected chi connectivity index (χ4v) is 4.62. The molecule has 0 aliphatic rings. The Morgan fingerprint density at radius 2 is 1.58 bits per heavy atom. The predicted molar refractivity (Wildman–Crippen MR) is 134 cm³/mol. The van der Waals surface area contributed by atoms with E-state index in [2.05, 4.69) is 15.3 Å². The fourth-order valence-electron chi connectivity index (χ4n) is 3.18. The van der Waals surface area contributed by atoms with Crippen LogP contribution in [-0.4, -0.2) is 54.4 Å². The highest BCUT2D eigenvalue weighted by Gasteiger charge is 2.28. The lowest BCUT2D eigenvalue weighted by atomic mass is 10.1. The second kappa shape index (κ2) is 11.8. The molecule has 0 heterocycles. The van der Waals surface area contributed by atoms with Gasteiger partial charge in [0.1, 0.15) is 6.54 Å². The van der Waals surface area contributed by atoms with Crippen molar-refractivity contribution in [2.24, 2.45) is 5.10 Å². The molecule has 3 aromatic rings. The maximum Gasteiger partial charge on any atom is 0.337 e. The van der Waals surface area contributed by atoms with Crippen molar-refractivity contribution >= 4 is 33.8 Å². The van der Waals surface area contributed by atoms with Crippen LogP contribution in [0.5, 0.6) is 11.5 Å². The number of nitrogens with one attached hydrogen (secondary N) is 1. The second-order valence-electron chi connectivity index (χ2n) is 7.27. The van der Waals surface area contributed by atoms with E-state index in [1.807, 2.05) is 0 Å². The average molecular weight is 512 g/mol. The third-order valence-electron chi connectivity index (χ3n) is 5.01. The first kappa shape index (κ1) is 26.2. The number of ether oxygens (including phenoxy) is 3. The van der Waals surface area contributed by atoms with Crippen LogP contribution in [0.1, 0.15) is 15.9 Å². The number of carbonyl (C=O) groups is 2. The third-order valence-corrected chi connectivity index (χ3v) is 6.80. The van der Waals surface area contributed by atoms with Gasteiger partial charge in [-0.15, -0.1) is 0 Å². The minimum atomic E-state index is -4.11. The Kier molecular flexibility index (Phi) is 8.63. The van der Waals surface area contributed by atoms with Crippen molar-refractivity contribution in [1.29, 1.82) is 0 Å². The SMILES string of the molecule is COC(=O)c1ccc(/C=N\NC(=O)CN(c2ccc(OC)c(OC)c2)S(=O)(=O)c2ccccc2)cc1. The van der Waals surface area contributed by atoms with Crippen LogP contribution >= 0.6 is 0 Å². The fraction of sp³-hybridized carbons (Fsp3) is 0.160. The van der Waals surface area contributed by atoms with Crippen LogP contribution < -0.4 is 19.2 Å². The summed E-state index contributed by atoms with van der Waals surface area (Å²) in [6.07, 6.45) is 1.37. The number of carbonyl (C=O) groups excluding carboxylic acids is 2. The molecule has 1 amide bonds. The number of anilines is 1. The molecule has 36 heavy (non-hydrogen) atoms. The molecule has 3 rings (SSSR count). The van der Waals surface area contributed by atoms with E-state index in [4.69, 9.17) is 9.47 Å². The van der Waals surface area contributed by atoms with Crippen molar-refractivity contribution in [1.82, 2.24) is 5.43 Å². The first-order valence-electron chi connectivity index (χ1n) is 10.6. The second-order valence-corrected chi connectivity index (χ2v) is 9.13. The van der Waals surface area contributed by atoms with E-state index in [0.717, 1.165) is 4.31 Å². The minimum Gasteiger partial charge on any atom is -0.493 e. The Morgan fingerprint density at radius 1 is 0.917 bits per heavy atom. The van der Waals surface area contributed by atoms with E-state index in [0.29, 0.717) is 22.6 Å². The first-order chi connectivity index (χ1) is 17.3. The highest BCUT2D eigenvalue weighted by Crippen LogP contribution is 2.33. The molecule has 0 unspecified atom stereocenters. The molecule has 1 N–H and O–H groups in total. The number of methoxy groups -OCH3 is 3. The van der Waals surface area contributed by atoms with Gasteiger partial charge in [-0.1, -0.05) is 30.3 Å². The van der Waals surface area contributed by atoms with Gasteiger partial charge in [0.2, 0.25) is 0 Å². The van der Waals surface area contributed by atoms with Crippen LogP contribution in [0, 0.1) is 0 Å². The monoisotopic (exact) mass is 511 g/mol. The molecule has 188 valence electrons. The summed E-state index contributed by atoms with van der Waals surface area (Å²) >= 11 is 0. The van der Waals surface area contributed by atoms with E-state index in [9.17, 15) is 18.0 Å². The van der Waals surface area contributed by atoms with Crippen molar-refractivity contribution < 1.29 is 32.2 Å². The number of amides is 1. The third kappa shape index (κ3) is 6.19. The molecule has 3 aromatic carbocycles. The molecule has 0 aliphatic carbocycles. The predicted octanol–water partition coefficient (Wildman–Crippen LogP) is 2.84. The lowest BCUT2D eigenvalue weighted by Crippen LogP contribution is -2.39.